The van der Waals surface area contributed by atoms with Gasteiger partial charge in [0.05, 0.1) is 13.1 Å². The van der Waals surface area contributed by atoms with Crippen molar-refractivity contribution >= 4 is 23.1 Å². The van der Waals surface area contributed by atoms with Crippen LogP contribution in [0.15, 0.2) is 58.1 Å². The second kappa shape index (κ2) is 9.34. The normalized spacial score (nSPS) is 10.7. The number of nitrogens with zero attached hydrogens (tertiary/aromatic N) is 2. The van der Waals surface area contributed by atoms with Crippen molar-refractivity contribution < 1.29 is 4.79 Å². The molecule has 0 atom stereocenters. The van der Waals surface area contributed by atoms with Crippen molar-refractivity contribution in [1.29, 1.82) is 0 Å². The second-order valence-corrected chi connectivity index (χ2v) is 7.39. The van der Waals surface area contributed by atoms with E-state index in [1.54, 1.807) is 4.90 Å². The third-order valence-corrected chi connectivity index (χ3v) is 5.18. The molecule has 3 aromatic rings. The summed E-state index contributed by atoms with van der Waals surface area (Å²) in [5.74, 6) is -0.252. The minimum atomic E-state index is -0.617. The fourth-order valence-electron chi connectivity index (χ4n) is 3.52. The molecule has 0 aliphatic heterocycles. The molecule has 3 rings (SSSR count). The lowest BCUT2D eigenvalue weighted by Gasteiger charge is -2.24. The van der Waals surface area contributed by atoms with Gasteiger partial charge in [0.25, 0.3) is 5.56 Å². The Morgan fingerprint density at radius 3 is 2.32 bits per heavy atom. The van der Waals surface area contributed by atoms with Crippen LogP contribution in [0.2, 0.25) is 0 Å². The Morgan fingerprint density at radius 2 is 1.71 bits per heavy atom. The van der Waals surface area contributed by atoms with E-state index in [0.717, 1.165) is 22.4 Å². The maximum absolute atomic E-state index is 12.8. The van der Waals surface area contributed by atoms with E-state index < -0.39 is 11.2 Å². The first-order chi connectivity index (χ1) is 14.8. The van der Waals surface area contributed by atoms with Crippen LogP contribution < -0.4 is 27.2 Å². The van der Waals surface area contributed by atoms with Crippen LogP contribution >= 0.6 is 0 Å². The molecule has 0 bridgehead atoms. The topological polar surface area (TPSA) is 113 Å². The summed E-state index contributed by atoms with van der Waals surface area (Å²) < 4.78 is 1.30. The first kappa shape index (κ1) is 21.9. The highest BCUT2D eigenvalue weighted by Gasteiger charge is 2.20. The van der Waals surface area contributed by atoms with E-state index in [0.29, 0.717) is 6.54 Å². The number of carbonyl (C=O) groups excluding carboxylic acids is 1. The number of likely N-dealkylation sites (N-methyl/N-ethyl adjacent to an activating group) is 1. The Bertz CT molecular complexity index is 1180. The summed E-state index contributed by atoms with van der Waals surface area (Å²) in [5.41, 5.74) is 8.67. The number of carbonyl (C=O) groups is 1. The Labute approximate surface area is 180 Å². The van der Waals surface area contributed by atoms with Crippen LogP contribution in [-0.4, -0.2) is 28.5 Å². The molecule has 0 spiro atoms. The molecule has 0 aliphatic rings. The summed E-state index contributed by atoms with van der Waals surface area (Å²) in [4.78, 5) is 41.6. The van der Waals surface area contributed by atoms with Crippen molar-refractivity contribution in [2.75, 3.05) is 29.0 Å². The number of para-hydroxylation sites is 1. The van der Waals surface area contributed by atoms with Gasteiger partial charge in [-0.05, 0) is 37.5 Å². The monoisotopic (exact) mass is 421 g/mol. The first-order valence-electron chi connectivity index (χ1n) is 10.1. The van der Waals surface area contributed by atoms with Gasteiger partial charge in [0, 0.05) is 12.2 Å². The van der Waals surface area contributed by atoms with E-state index in [-0.39, 0.29) is 30.5 Å². The van der Waals surface area contributed by atoms with Gasteiger partial charge in [0.15, 0.2) is 0 Å². The molecular formula is C23H27N5O3. The smallest absolute Gasteiger partial charge is 0.330 e. The van der Waals surface area contributed by atoms with Gasteiger partial charge in [0.2, 0.25) is 5.91 Å². The molecule has 31 heavy (non-hydrogen) atoms. The number of nitrogens with one attached hydrogen (secondary N) is 2. The molecule has 4 N–H and O–H groups in total. The van der Waals surface area contributed by atoms with Gasteiger partial charge in [-0.2, -0.15) is 0 Å². The minimum Gasteiger partial charge on any atom is -0.383 e. The highest BCUT2D eigenvalue weighted by Crippen LogP contribution is 2.21. The number of H-pyrrole nitrogens is 1. The zero-order chi connectivity index (χ0) is 22.5. The first-order valence-corrected chi connectivity index (χ1v) is 10.1. The number of nitrogen functional groups attached to an aromatic ring is 1. The molecule has 0 aliphatic carbocycles. The maximum atomic E-state index is 12.8. The van der Waals surface area contributed by atoms with Crippen molar-refractivity contribution in [2.45, 2.75) is 27.3 Å². The molecule has 1 heterocycles. The fourth-order valence-corrected chi connectivity index (χ4v) is 3.52. The number of hydrogen-bond acceptors (Lipinski definition) is 5. The number of rotatable bonds is 7. The molecule has 8 nitrogen and oxygen atoms in total. The Hall–Kier alpha value is -3.81. The van der Waals surface area contributed by atoms with Crippen LogP contribution in [-0.2, 0) is 11.3 Å². The fraction of sp³-hybridized carbons (Fsp3) is 0.261. The van der Waals surface area contributed by atoms with Crippen molar-refractivity contribution in [3.8, 4) is 0 Å². The van der Waals surface area contributed by atoms with Gasteiger partial charge in [-0.25, -0.2) is 4.79 Å². The molecule has 0 radical (unpaired) electrons. The molecule has 2 aromatic carbocycles. The molecule has 0 unspecified atom stereocenters. The molecule has 162 valence electrons. The molecule has 8 heteroatoms. The standard InChI is InChI=1S/C23H27N5O3/c1-4-27(14-18(29)25-19-15(2)9-8-10-16(19)3)20-21(24)28(23(31)26-22(20)30)13-17-11-6-5-7-12-17/h5-12H,4,13-14,24H2,1-3H3,(H,25,29)(H,26,30,31). The lowest BCUT2D eigenvalue weighted by Crippen LogP contribution is -2.41. The molecule has 0 saturated carbocycles. The summed E-state index contributed by atoms with van der Waals surface area (Å²) in [7, 11) is 0. The van der Waals surface area contributed by atoms with E-state index >= 15 is 0 Å². The van der Waals surface area contributed by atoms with Crippen molar-refractivity contribution in [1.82, 2.24) is 9.55 Å². The summed E-state index contributed by atoms with van der Waals surface area (Å²) >= 11 is 0. The summed E-state index contributed by atoms with van der Waals surface area (Å²) in [6, 6.07) is 15.1. The molecule has 1 amide bonds. The van der Waals surface area contributed by atoms with Gasteiger partial charge >= 0.3 is 5.69 Å². The summed E-state index contributed by atoms with van der Waals surface area (Å²) in [6.45, 7) is 6.14. The third kappa shape index (κ3) is 4.85. The Kier molecular flexibility index (Phi) is 6.59. The van der Waals surface area contributed by atoms with Crippen molar-refractivity contribution in [2.24, 2.45) is 0 Å². The van der Waals surface area contributed by atoms with Crippen LogP contribution in [0.5, 0.6) is 0 Å². The van der Waals surface area contributed by atoms with Gasteiger partial charge < -0.3 is 16.0 Å². The predicted octanol–water partition coefficient (Wildman–Crippen LogP) is 2.25. The van der Waals surface area contributed by atoms with E-state index in [4.69, 9.17) is 5.73 Å². The number of anilines is 3. The number of nitrogens with two attached hydrogens (primary N) is 1. The highest BCUT2D eigenvalue weighted by molar-refractivity contribution is 5.95. The second-order valence-electron chi connectivity index (χ2n) is 7.39. The molecule has 0 saturated heterocycles. The lowest BCUT2D eigenvalue weighted by molar-refractivity contribution is -0.115. The number of aromatic nitrogens is 2. The van der Waals surface area contributed by atoms with E-state index in [1.165, 1.54) is 4.57 Å². The van der Waals surface area contributed by atoms with E-state index in [9.17, 15) is 14.4 Å². The molecular weight excluding hydrogens is 394 g/mol. The lowest BCUT2D eigenvalue weighted by atomic mass is 10.1. The third-order valence-electron chi connectivity index (χ3n) is 5.18. The quantitative estimate of drug-likeness (QED) is 0.542. The van der Waals surface area contributed by atoms with Crippen LogP contribution in [0.1, 0.15) is 23.6 Å². The molecule has 1 aromatic heterocycles. The minimum absolute atomic E-state index is 0.0272. The Balaban J connectivity index is 1.90. The number of amides is 1. The van der Waals surface area contributed by atoms with E-state index in [2.05, 4.69) is 10.3 Å². The number of benzene rings is 2. The van der Waals surface area contributed by atoms with Crippen LogP contribution in [0.4, 0.5) is 17.2 Å². The largest absolute Gasteiger partial charge is 0.383 e. The summed E-state index contributed by atoms with van der Waals surface area (Å²) in [5, 5.41) is 2.92. The van der Waals surface area contributed by atoms with E-state index in [1.807, 2.05) is 69.3 Å². The molecule has 0 fully saturated rings. The Morgan fingerprint density at radius 1 is 1.06 bits per heavy atom. The van der Waals surface area contributed by atoms with Crippen LogP contribution in [0.25, 0.3) is 0 Å². The van der Waals surface area contributed by atoms with Crippen LogP contribution in [0, 0.1) is 13.8 Å². The highest BCUT2D eigenvalue weighted by atomic mass is 16.2. The van der Waals surface area contributed by atoms with Gasteiger partial charge in [-0.3, -0.25) is 19.1 Å². The maximum Gasteiger partial charge on any atom is 0.330 e. The average molecular weight is 422 g/mol. The predicted molar refractivity (Wildman–Crippen MR) is 124 cm³/mol. The zero-order valence-electron chi connectivity index (χ0n) is 17.9. The summed E-state index contributed by atoms with van der Waals surface area (Å²) in [6.07, 6.45) is 0. The van der Waals surface area contributed by atoms with Crippen molar-refractivity contribution in [3.05, 3.63) is 86.1 Å². The van der Waals surface area contributed by atoms with Gasteiger partial charge in [-0.15, -0.1) is 0 Å². The number of aromatic amines is 1. The van der Waals surface area contributed by atoms with Crippen LogP contribution in [0.3, 0.4) is 0 Å². The van der Waals surface area contributed by atoms with Gasteiger partial charge in [-0.1, -0.05) is 48.5 Å². The zero-order valence-corrected chi connectivity index (χ0v) is 17.9. The average Bonchev–Trinajstić information content (AvgIpc) is 2.73. The van der Waals surface area contributed by atoms with Gasteiger partial charge in [0.1, 0.15) is 11.5 Å². The van der Waals surface area contributed by atoms with Crippen molar-refractivity contribution in [3.63, 3.8) is 0 Å². The SMILES string of the molecule is CCN(CC(=O)Nc1c(C)cccc1C)c1c(N)n(Cc2ccccc2)c(=O)[nH]c1=O. The number of hydrogen-bond donors (Lipinski definition) is 3. The number of aryl methyl sites for hydroxylation is 2.